The van der Waals surface area contributed by atoms with Crippen molar-refractivity contribution in [2.75, 3.05) is 6.54 Å². The van der Waals surface area contributed by atoms with Crippen LogP contribution < -0.4 is 5.73 Å². The van der Waals surface area contributed by atoms with Crippen molar-refractivity contribution >= 4 is 11.8 Å². The van der Waals surface area contributed by atoms with Crippen LogP contribution in [0.25, 0.3) is 0 Å². The minimum Gasteiger partial charge on any atom is -0.329 e. The lowest BCUT2D eigenvalue weighted by Crippen LogP contribution is -2.18. The zero-order valence-corrected chi connectivity index (χ0v) is 10.6. The summed E-state index contributed by atoms with van der Waals surface area (Å²) in [7, 11) is 0. The number of nitrogens with two attached hydrogens (primary N) is 1. The summed E-state index contributed by atoms with van der Waals surface area (Å²) in [5.41, 5.74) is 9.98. The molecule has 2 heteroatoms. The van der Waals surface area contributed by atoms with E-state index in [2.05, 4.69) is 32.9 Å². The van der Waals surface area contributed by atoms with Crippen molar-refractivity contribution in [1.82, 2.24) is 0 Å². The van der Waals surface area contributed by atoms with Crippen molar-refractivity contribution in [2.45, 2.75) is 43.3 Å². The van der Waals surface area contributed by atoms with Crippen molar-refractivity contribution < 1.29 is 0 Å². The maximum absolute atomic E-state index is 5.83. The summed E-state index contributed by atoms with van der Waals surface area (Å²) in [6.45, 7) is 7.37. The summed E-state index contributed by atoms with van der Waals surface area (Å²) in [5, 5.41) is 0. The molecule has 0 spiro atoms. The fraction of sp³-hybridized carbons (Fsp3) is 0.538. The lowest BCUT2D eigenvalue weighted by Gasteiger charge is -2.16. The van der Waals surface area contributed by atoms with E-state index in [-0.39, 0.29) is 0 Å². The standard InChI is InChI=1S/C13H19NS/c1-9-6-10(2)12(11(3)7-9)15-13(8-14)4-5-13/h6-7H,4-5,8,14H2,1-3H3. The molecular weight excluding hydrogens is 202 g/mol. The van der Waals surface area contributed by atoms with Crippen molar-refractivity contribution in [3.8, 4) is 0 Å². The van der Waals surface area contributed by atoms with E-state index in [9.17, 15) is 0 Å². The lowest BCUT2D eigenvalue weighted by atomic mass is 10.1. The summed E-state index contributed by atoms with van der Waals surface area (Å²) < 4.78 is 0.366. The van der Waals surface area contributed by atoms with E-state index in [0.717, 1.165) is 6.54 Å². The molecule has 0 atom stereocenters. The number of thioether (sulfide) groups is 1. The maximum Gasteiger partial charge on any atom is 0.0330 e. The van der Waals surface area contributed by atoms with Crippen LogP contribution in [0.5, 0.6) is 0 Å². The Hall–Kier alpha value is -0.470. The zero-order chi connectivity index (χ0) is 11.1. The van der Waals surface area contributed by atoms with Gasteiger partial charge in [-0.3, -0.25) is 0 Å². The fourth-order valence-electron chi connectivity index (χ4n) is 2.03. The summed E-state index contributed by atoms with van der Waals surface area (Å²) in [5.74, 6) is 0. The molecule has 1 aromatic rings. The SMILES string of the molecule is Cc1cc(C)c(SC2(CN)CC2)c(C)c1. The predicted molar refractivity (Wildman–Crippen MR) is 67.5 cm³/mol. The molecule has 2 N–H and O–H groups in total. The molecule has 1 aliphatic rings. The van der Waals surface area contributed by atoms with Crippen LogP contribution in [0, 0.1) is 20.8 Å². The zero-order valence-electron chi connectivity index (χ0n) is 9.76. The Balaban J connectivity index is 2.28. The largest absolute Gasteiger partial charge is 0.329 e. The van der Waals surface area contributed by atoms with E-state index in [4.69, 9.17) is 5.73 Å². The Morgan fingerprint density at radius 1 is 1.20 bits per heavy atom. The predicted octanol–water partition coefficient (Wildman–Crippen LogP) is 3.20. The fourth-order valence-corrected chi connectivity index (χ4v) is 3.29. The molecule has 0 bridgehead atoms. The maximum atomic E-state index is 5.83. The van der Waals surface area contributed by atoms with Gasteiger partial charge in [-0.05, 0) is 44.7 Å². The highest BCUT2D eigenvalue weighted by atomic mass is 32.2. The molecule has 1 fully saturated rings. The molecule has 0 aromatic heterocycles. The molecule has 0 unspecified atom stereocenters. The molecule has 1 aliphatic carbocycles. The quantitative estimate of drug-likeness (QED) is 0.848. The van der Waals surface area contributed by atoms with Gasteiger partial charge in [-0.1, -0.05) is 17.7 Å². The molecule has 0 radical (unpaired) electrons. The average molecular weight is 221 g/mol. The van der Waals surface area contributed by atoms with Gasteiger partial charge in [0.25, 0.3) is 0 Å². The van der Waals surface area contributed by atoms with Crippen LogP contribution in [0.2, 0.25) is 0 Å². The normalized spacial score (nSPS) is 17.9. The van der Waals surface area contributed by atoms with E-state index in [1.54, 1.807) is 0 Å². The molecule has 1 nitrogen and oxygen atoms in total. The van der Waals surface area contributed by atoms with Crippen LogP contribution in [0.4, 0.5) is 0 Å². The van der Waals surface area contributed by atoms with Gasteiger partial charge < -0.3 is 5.73 Å². The van der Waals surface area contributed by atoms with Crippen LogP contribution in [-0.2, 0) is 0 Å². The number of aryl methyl sites for hydroxylation is 3. The first-order valence-corrected chi connectivity index (χ1v) is 6.35. The van der Waals surface area contributed by atoms with Gasteiger partial charge in [0.2, 0.25) is 0 Å². The van der Waals surface area contributed by atoms with Gasteiger partial charge in [0, 0.05) is 16.2 Å². The molecule has 0 heterocycles. The van der Waals surface area contributed by atoms with E-state index in [1.165, 1.54) is 34.4 Å². The minimum atomic E-state index is 0.366. The van der Waals surface area contributed by atoms with Gasteiger partial charge in [0.05, 0.1) is 0 Å². The summed E-state index contributed by atoms with van der Waals surface area (Å²) in [6, 6.07) is 4.53. The second-order valence-electron chi connectivity index (χ2n) is 4.72. The third-order valence-electron chi connectivity index (χ3n) is 3.10. The average Bonchev–Trinajstić information content (AvgIpc) is 2.92. The van der Waals surface area contributed by atoms with E-state index >= 15 is 0 Å². The Labute approximate surface area is 96.4 Å². The van der Waals surface area contributed by atoms with Gasteiger partial charge in [-0.2, -0.15) is 0 Å². The van der Waals surface area contributed by atoms with Crippen molar-refractivity contribution in [2.24, 2.45) is 5.73 Å². The smallest absolute Gasteiger partial charge is 0.0330 e. The highest BCUT2D eigenvalue weighted by Crippen LogP contribution is 2.52. The highest BCUT2D eigenvalue weighted by molar-refractivity contribution is 8.01. The molecule has 0 amide bonds. The number of rotatable bonds is 3. The second-order valence-corrected chi connectivity index (χ2v) is 6.20. The first-order valence-electron chi connectivity index (χ1n) is 5.53. The molecular formula is C13H19NS. The van der Waals surface area contributed by atoms with Gasteiger partial charge in [-0.15, -0.1) is 11.8 Å². The Bertz CT molecular complexity index is 357. The number of hydrogen-bond acceptors (Lipinski definition) is 2. The minimum absolute atomic E-state index is 0.366. The third-order valence-corrected chi connectivity index (χ3v) is 4.96. The first kappa shape index (κ1) is 11.0. The molecule has 1 saturated carbocycles. The van der Waals surface area contributed by atoms with E-state index in [0.29, 0.717) is 4.75 Å². The van der Waals surface area contributed by atoms with Gasteiger partial charge in [0.15, 0.2) is 0 Å². The molecule has 0 saturated heterocycles. The van der Waals surface area contributed by atoms with Crippen molar-refractivity contribution in [3.05, 3.63) is 28.8 Å². The van der Waals surface area contributed by atoms with Gasteiger partial charge in [-0.25, -0.2) is 0 Å². The topological polar surface area (TPSA) is 26.0 Å². The van der Waals surface area contributed by atoms with E-state index < -0.39 is 0 Å². The van der Waals surface area contributed by atoms with E-state index in [1.807, 2.05) is 11.8 Å². The van der Waals surface area contributed by atoms with Crippen molar-refractivity contribution in [1.29, 1.82) is 0 Å². The molecule has 2 rings (SSSR count). The van der Waals surface area contributed by atoms with Crippen LogP contribution in [0.3, 0.4) is 0 Å². The molecule has 1 aromatic carbocycles. The first-order chi connectivity index (χ1) is 7.06. The third kappa shape index (κ3) is 2.21. The lowest BCUT2D eigenvalue weighted by molar-refractivity contribution is 0.897. The van der Waals surface area contributed by atoms with Crippen LogP contribution in [-0.4, -0.2) is 11.3 Å². The molecule has 82 valence electrons. The highest BCUT2D eigenvalue weighted by Gasteiger charge is 2.42. The second kappa shape index (κ2) is 3.84. The number of benzene rings is 1. The van der Waals surface area contributed by atoms with Crippen LogP contribution in [0.15, 0.2) is 17.0 Å². The molecule has 15 heavy (non-hydrogen) atoms. The van der Waals surface area contributed by atoms with Crippen LogP contribution in [0.1, 0.15) is 29.5 Å². The Morgan fingerprint density at radius 2 is 1.73 bits per heavy atom. The van der Waals surface area contributed by atoms with Gasteiger partial charge >= 0.3 is 0 Å². The van der Waals surface area contributed by atoms with Crippen LogP contribution >= 0.6 is 11.8 Å². The summed E-state index contributed by atoms with van der Waals surface area (Å²) in [6.07, 6.45) is 2.56. The summed E-state index contributed by atoms with van der Waals surface area (Å²) in [4.78, 5) is 1.45. The summed E-state index contributed by atoms with van der Waals surface area (Å²) >= 11 is 1.99. The van der Waals surface area contributed by atoms with Gasteiger partial charge in [0.1, 0.15) is 0 Å². The monoisotopic (exact) mass is 221 g/mol. The Morgan fingerprint density at radius 3 is 2.13 bits per heavy atom. The van der Waals surface area contributed by atoms with Crippen molar-refractivity contribution in [3.63, 3.8) is 0 Å². The molecule has 0 aliphatic heterocycles. The number of hydrogen-bond donors (Lipinski definition) is 1. The Kier molecular flexibility index (Phi) is 2.82.